The van der Waals surface area contributed by atoms with Gasteiger partial charge in [-0.1, -0.05) is 18.2 Å². The van der Waals surface area contributed by atoms with E-state index in [2.05, 4.69) is 21.7 Å². The monoisotopic (exact) mass is 359 g/mol. The first-order valence-electron chi connectivity index (χ1n) is 9.77. The Morgan fingerprint density at radius 2 is 1.88 bits per heavy atom. The lowest BCUT2D eigenvalue weighted by Gasteiger charge is -2.43. The summed E-state index contributed by atoms with van der Waals surface area (Å²) >= 11 is 0. The molecular formula is C20H29N3O3. The number of aliphatic carboxylic acids is 1. The molecule has 0 spiro atoms. The van der Waals surface area contributed by atoms with Gasteiger partial charge in [0.2, 0.25) is 0 Å². The van der Waals surface area contributed by atoms with Gasteiger partial charge in [-0.2, -0.15) is 0 Å². The first kappa shape index (κ1) is 17.8. The maximum atomic E-state index is 12.1. The molecule has 4 rings (SSSR count). The Balaban J connectivity index is 1.45. The van der Waals surface area contributed by atoms with Crippen LogP contribution in [0.25, 0.3) is 0 Å². The second kappa shape index (κ2) is 7.55. The number of piperazine rings is 1. The fourth-order valence-electron chi connectivity index (χ4n) is 4.66. The van der Waals surface area contributed by atoms with Crippen LogP contribution in [0, 0.1) is 0 Å². The van der Waals surface area contributed by atoms with E-state index in [1.807, 2.05) is 18.2 Å². The maximum Gasteiger partial charge on any atom is 0.325 e. The number of carbonyl (C=O) groups is 1. The van der Waals surface area contributed by atoms with Gasteiger partial charge in [0, 0.05) is 44.2 Å². The molecule has 1 N–H and O–H groups in total. The molecule has 0 aromatic heterocycles. The van der Waals surface area contributed by atoms with Crippen molar-refractivity contribution in [1.29, 1.82) is 0 Å². The van der Waals surface area contributed by atoms with E-state index < -0.39 is 12.0 Å². The third kappa shape index (κ3) is 3.46. The first-order chi connectivity index (χ1) is 12.6. The molecule has 1 aromatic rings. The van der Waals surface area contributed by atoms with Gasteiger partial charge >= 0.3 is 5.97 Å². The van der Waals surface area contributed by atoms with Crippen molar-refractivity contribution in [2.45, 2.75) is 31.3 Å². The van der Waals surface area contributed by atoms with Crippen molar-refractivity contribution < 1.29 is 14.6 Å². The average Bonchev–Trinajstić information content (AvgIpc) is 3.13. The molecule has 3 aliphatic heterocycles. The highest BCUT2D eigenvalue weighted by Crippen LogP contribution is 2.36. The molecule has 1 aromatic carbocycles. The summed E-state index contributed by atoms with van der Waals surface area (Å²) in [6.07, 6.45) is 3.32. The molecule has 6 heteroatoms. The van der Waals surface area contributed by atoms with E-state index in [-0.39, 0.29) is 0 Å². The highest BCUT2D eigenvalue weighted by Gasteiger charge is 2.35. The van der Waals surface area contributed by atoms with Crippen LogP contribution in [0.2, 0.25) is 0 Å². The zero-order valence-corrected chi connectivity index (χ0v) is 15.6. The summed E-state index contributed by atoms with van der Waals surface area (Å²) in [5.74, 6) is 0.0271. The normalized spacial score (nSPS) is 24.2. The number of rotatable bonds is 4. The molecular weight excluding hydrogens is 330 g/mol. The van der Waals surface area contributed by atoms with Crippen molar-refractivity contribution in [3.63, 3.8) is 0 Å². The minimum atomic E-state index is -0.776. The van der Waals surface area contributed by atoms with Crippen LogP contribution in [-0.2, 0) is 11.2 Å². The van der Waals surface area contributed by atoms with E-state index in [4.69, 9.17) is 4.74 Å². The second-order valence-electron chi connectivity index (χ2n) is 7.78. The van der Waals surface area contributed by atoms with Crippen molar-refractivity contribution in [2.75, 3.05) is 52.9 Å². The second-order valence-corrected chi connectivity index (χ2v) is 7.78. The molecule has 3 heterocycles. The molecule has 0 saturated carbocycles. The lowest BCUT2D eigenvalue weighted by atomic mass is 9.99. The van der Waals surface area contributed by atoms with Crippen LogP contribution in [0.5, 0.6) is 5.75 Å². The maximum absolute atomic E-state index is 12.1. The smallest absolute Gasteiger partial charge is 0.325 e. The molecule has 1 atom stereocenters. The molecule has 26 heavy (non-hydrogen) atoms. The SMILES string of the molecule is CN1CCC(N2CCN([C@@H](C(=O)O)c3cccc4c3OCC4)CC2)CC1. The number of para-hydroxylation sites is 1. The average molecular weight is 359 g/mol. The predicted molar refractivity (Wildman–Crippen MR) is 99.7 cm³/mol. The van der Waals surface area contributed by atoms with Crippen LogP contribution >= 0.6 is 0 Å². The largest absolute Gasteiger partial charge is 0.493 e. The van der Waals surface area contributed by atoms with Crippen LogP contribution in [0.1, 0.15) is 30.0 Å². The highest BCUT2D eigenvalue weighted by atomic mass is 16.5. The zero-order chi connectivity index (χ0) is 18.1. The van der Waals surface area contributed by atoms with Gasteiger partial charge in [0.15, 0.2) is 0 Å². The van der Waals surface area contributed by atoms with E-state index in [0.29, 0.717) is 12.6 Å². The quantitative estimate of drug-likeness (QED) is 0.878. The minimum absolute atomic E-state index is 0.609. The van der Waals surface area contributed by atoms with Gasteiger partial charge in [-0.05, 0) is 38.5 Å². The van der Waals surface area contributed by atoms with E-state index >= 15 is 0 Å². The van der Waals surface area contributed by atoms with E-state index in [1.165, 1.54) is 12.8 Å². The standard InChI is InChI=1S/C20H29N3O3/c1-21-8-5-16(6-9-21)22-10-12-23(13-11-22)18(20(24)25)17-4-2-3-15-7-14-26-19(15)17/h2-4,16,18H,5-14H2,1H3,(H,24,25)/t18-/m1/s1. The van der Waals surface area contributed by atoms with Gasteiger partial charge in [-0.3, -0.25) is 14.6 Å². The Kier molecular flexibility index (Phi) is 5.16. The van der Waals surface area contributed by atoms with Gasteiger partial charge < -0.3 is 14.7 Å². The number of nitrogens with zero attached hydrogens (tertiary/aromatic N) is 3. The minimum Gasteiger partial charge on any atom is -0.493 e. The number of carboxylic acids is 1. The Hall–Kier alpha value is -1.63. The Morgan fingerprint density at radius 3 is 2.58 bits per heavy atom. The number of fused-ring (bicyclic) bond motifs is 1. The summed E-state index contributed by atoms with van der Waals surface area (Å²) in [5, 5.41) is 9.94. The molecule has 2 saturated heterocycles. The van der Waals surface area contributed by atoms with Crippen LogP contribution in [0.15, 0.2) is 18.2 Å². The van der Waals surface area contributed by atoms with Crippen molar-refractivity contribution in [3.05, 3.63) is 29.3 Å². The van der Waals surface area contributed by atoms with E-state index in [0.717, 1.165) is 62.6 Å². The third-order valence-electron chi connectivity index (χ3n) is 6.19. The van der Waals surface area contributed by atoms with Crippen molar-refractivity contribution in [1.82, 2.24) is 14.7 Å². The molecule has 0 radical (unpaired) electrons. The summed E-state index contributed by atoms with van der Waals surface area (Å²) in [6, 6.07) is 5.98. The molecule has 142 valence electrons. The Bertz CT molecular complexity index is 650. The number of hydrogen-bond acceptors (Lipinski definition) is 5. The van der Waals surface area contributed by atoms with E-state index in [9.17, 15) is 9.90 Å². The molecule has 0 amide bonds. The van der Waals surface area contributed by atoms with Crippen LogP contribution in [0.3, 0.4) is 0 Å². The zero-order valence-electron chi connectivity index (χ0n) is 15.6. The number of piperidine rings is 1. The molecule has 0 bridgehead atoms. The first-order valence-corrected chi connectivity index (χ1v) is 9.77. The summed E-state index contributed by atoms with van der Waals surface area (Å²) < 4.78 is 5.77. The van der Waals surface area contributed by atoms with Gasteiger partial charge in [-0.15, -0.1) is 0 Å². The van der Waals surface area contributed by atoms with Gasteiger partial charge in [-0.25, -0.2) is 0 Å². The number of carboxylic acid groups (broad SMARTS) is 1. The topological polar surface area (TPSA) is 56.2 Å². The van der Waals surface area contributed by atoms with Crippen molar-refractivity contribution >= 4 is 5.97 Å². The molecule has 2 fully saturated rings. The van der Waals surface area contributed by atoms with Crippen molar-refractivity contribution in [2.24, 2.45) is 0 Å². The Labute approximate surface area is 155 Å². The number of likely N-dealkylation sites (tertiary alicyclic amines) is 1. The molecule has 6 nitrogen and oxygen atoms in total. The lowest BCUT2D eigenvalue weighted by Crippen LogP contribution is -2.54. The Morgan fingerprint density at radius 1 is 1.15 bits per heavy atom. The number of ether oxygens (including phenoxy) is 1. The summed E-state index contributed by atoms with van der Waals surface area (Å²) in [5.41, 5.74) is 1.96. The van der Waals surface area contributed by atoms with E-state index in [1.54, 1.807) is 0 Å². The van der Waals surface area contributed by atoms with Crippen LogP contribution < -0.4 is 4.74 Å². The fourth-order valence-corrected chi connectivity index (χ4v) is 4.66. The summed E-state index contributed by atoms with van der Waals surface area (Å²) in [4.78, 5) is 19.2. The number of benzene rings is 1. The lowest BCUT2D eigenvalue weighted by molar-refractivity contribution is -0.144. The molecule has 0 aliphatic carbocycles. The van der Waals surface area contributed by atoms with Crippen molar-refractivity contribution in [3.8, 4) is 5.75 Å². The number of hydrogen-bond donors (Lipinski definition) is 1. The van der Waals surface area contributed by atoms with Gasteiger partial charge in [0.25, 0.3) is 0 Å². The van der Waals surface area contributed by atoms with Crippen LogP contribution in [0.4, 0.5) is 0 Å². The predicted octanol–water partition coefficient (Wildman–Crippen LogP) is 1.46. The molecule has 3 aliphatic rings. The summed E-state index contributed by atoms with van der Waals surface area (Å²) in [7, 11) is 2.19. The van der Waals surface area contributed by atoms with Gasteiger partial charge in [0.1, 0.15) is 11.8 Å². The van der Waals surface area contributed by atoms with Gasteiger partial charge in [0.05, 0.1) is 6.61 Å². The highest BCUT2D eigenvalue weighted by molar-refractivity contribution is 5.77. The summed E-state index contributed by atoms with van der Waals surface area (Å²) in [6.45, 7) is 6.48. The fraction of sp³-hybridized carbons (Fsp3) is 0.650. The molecule has 0 unspecified atom stereocenters. The third-order valence-corrected chi connectivity index (χ3v) is 6.19. The van der Waals surface area contributed by atoms with Crippen LogP contribution in [-0.4, -0.2) is 84.7 Å².